The fourth-order valence-electron chi connectivity index (χ4n) is 4.51. The van der Waals surface area contributed by atoms with Crippen LogP contribution >= 0.6 is 0 Å². The van der Waals surface area contributed by atoms with Gasteiger partial charge in [-0.15, -0.1) is 0 Å². The van der Waals surface area contributed by atoms with Crippen LogP contribution in [0.15, 0.2) is 54.7 Å². The van der Waals surface area contributed by atoms with Crippen LogP contribution in [0.2, 0.25) is 0 Å². The Labute approximate surface area is 180 Å². The highest BCUT2D eigenvalue weighted by molar-refractivity contribution is 6.00. The van der Waals surface area contributed by atoms with Crippen molar-refractivity contribution < 1.29 is 14.0 Å². The Bertz CT molecular complexity index is 1160. The molecular weight excluding hydrogens is 393 g/mol. The Morgan fingerprint density at radius 3 is 2.65 bits per heavy atom. The molecule has 1 amide bonds. The molecule has 1 aromatic heterocycles. The quantitative estimate of drug-likeness (QED) is 0.623. The van der Waals surface area contributed by atoms with Crippen LogP contribution < -0.4 is 5.32 Å². The van der Waals surface area contributed by atoms with Gasteiger partial charge in [-0.2, -0.15) is 0 Å². The van der Waals surface area contributed by atoms with Crippen molar-refractivity contribution in [1.29, 1.82) is 0 Å². The fourth-order valence-corrected chi connectivity index (χ4v) is 4.51. The number of amides is 1. The smallest absolute Gasteiger partial charge is 0.227 e. The number of para-hydroxylation sites is 1. The second-order valence-corrected chi connectivity index (χ2v) is 8.67. The van der Waals surface area contributed by atoms with Gasteiger partial charge >= 0.3 is 0 Å². The van der Waals surface area contributed by atoms with Gasteiger partial charge in [0, 0.05) is 23.9 Å². The van der Waals surface area contributed by atoms with E-state index in [0.29, 0.717) is 18.4 Å². The van der Waals surface area contributed by atoms with Crippen LogP contribution in [-0.2, 0) is 11.2 Å². The van der Waals surface area contributed by atoms with E-state index in [2.05, 4.69) is 27.0 Å². The van der Waals surface area contributed by atoms with Crippen LogP contribution in [0.25, 0.3) is 5.69 Å². The van der Waals surface area contributed by atoms with E-state index in [0.717, 1.165) is 30.0 Å². The molecule has 5 rings (SSSR count). The fraction of sp³-hybridized carbons (Fsp3) is 0.320. The molecule has 0 saturated heterocycles. The van der Waals surface area contributed by atoms with Crippen LogP contribution in [0.1, 0.15) is 59.2 Å². The zero-order valence-electron chi connectivity index (χ0n) is 17.4. The number of nitrogens with zero attached hydrogens (tertiary/aromatic N) is 2. The lowest BCUT2D eigenvalue weighted by molar-refractivity contribution is -0.127. The number of carbonyl (C=O) groups excluding carboxylic acids is 2. The van der Waals surface area contributed by atoms with E-state index < -0.39 is 5.41 Å². The molecule has 5 nitrogen and oxygen atoms in total. The first-order valence-electron chi connectivity index (χ1n) is 10.7. The summed E-state index contributed by atoms with van der Waals surface area (Å²) in [6.07, 6.45) is 4.94. The third-order valence-corrected chi connectivity index (χ3v) is 6.52. The number of hydrogen-bond acceptors (Lipinski definition) is 3. The molecule has 1 atom stereocenters. The van der Waals surface area contributed by atoms with Crippen LogP contribution in [0.3, 0.4) is 0 Å². The van der Waals surface area contributed by atoms with Gasteiger partial charge in [-0.25, -0.2) is 9.37 Å². The number of imidazole rings is 1. The minimum absolute atomic E-state index is 0.0916. The molecule has 0 bridgehead atoms. The molecule has 6 heteroatoms. The van der Waals surface area contributed by atoms with Gasteiger partial charge in [-0.1, -0.05) is 18.2 Å². The number of hydrogen-bond donors (Lipinski definition) is 1. The Morgan fingerprint density at radius 1 is 1.16 bits per heavy atom. The van der Waals surface area contributed by atoms with E-state index in [1.54, 1.807) is 0 Å². The van der Waals surface area contributed by atoms with E-state index in [-0.39, 0.29) is 30.0 Å². The van der Waals surface area contributed by atoms with Crippen molar-refractivity contribution in [2.45, 2.75) is 45.1 Å². The molecular formula is C25H24FN3O2. The Balaban J connectivity index is 1.36. The molecule has 0 radical (unpaired) electrons. The number of ketones is 1. The summed E-state index contributed by atoms with van der Waals surface area (Å²) in [6.45, 7) is 2.02. The van der Waals surface area contributed by atoms with Crippen molar-refractivity contribution >= 4 is 11.7 Å². The maximum absolute atomic E-state index is 13.3. The van der Waals surface area contributed by atoms with Crippen LogP contribution in [-0.4, -0.2) is 21.2 Å². The summed E-state index contributed by atoms with van der Waals surface area (Å²) in [5, 5.41) is 3.20. The van der Waals surface area contributed by atoms with Gasteiger partial charge in [0.05, 0.1) is 17.1 Å². The van der Waals surface area contributed by atoms with E-state index >= 15 is 0 Å². The highest BCUT2D eigenvalue weighted by atomic mass is 19.1. The van der Waals surface area contributed by atoms with E-state index in [9.17, 15) is 14.0 Å². The molecule has 158 valence electrons. The number of Topliss-reactive ketones (excluding diaryl/α,β-unsaturated/α-hetero) is 1. The van der Waals surface area contributed by atoms with Gasteiger partial charge in [0.15, 0.2) is 5.78 Å². The maximum atomic E-state index is 13.3. The van der Waals surface area contributed by atoms with Crippen molar-refractivity contribution in [3.63, 3.8) is 0 Å². The van der Waals surface area contributed by atoms with Crippen LogP contribution in [0.4, 0.5) is 4.39 Å². The van der Waals surface area contributed by atoms with Gasteiger partial charge in [0.2, 0.25) is 5.91 Å². The summed E-state index contributed by atoms with van der Waals surface area (Å²) in [5.74, 6) is 0.233. The first-order valence-corrected chi connectivity index (χ1v) is 10.7. The normalized spacial score (nSPS) is 18.5. The second kappa shape index (κ2) is 7.45. The lowest BCUT2D eigenvalue weighted by Crippen LogP contribution is -2.37. The summed E-state index contributed by atoms with van der Waals surface area (Å²) < 4.78 is 15.3. The number of benzene rings is 2. The monoisotopic (exact) mass is 417 g/mol. The molecule has 2 aliphatic rings. The Hall–Kier alpha value is -3.28. The number of nitrogens with one attached hydrogen (secondary N) is 1. The second-order valence-electron chi connectivity index (χ2n) is 8.67. The van der Waals surface area contributed by atoms with Gasteiger partial charge < -0.3 is 5.32 Å². The van der Waals surface area contributed by atoms with Crippen molar-refractivity contribution in [1.82, 2.24) is 14.9 Å². The molecule has 1 aliphatic heterocycles. The molecule has 0 spiro atoms. The Kier molecular flexibility index (Phi) is 4.73. The molecule has 2 heterocycles. The first kappa shape index (κ1) is 19.7. The molecule has 1 unspecified atom stereocenters. The maximum Gasteiger partial charge on any atom is 0.227 e. The number of halogens is 1. The Morgan fingerprint density at radius 2 is 1.90 bits per heavy atom. The minimum atomic E-state index is -0.670. The van der Waals surface area contributed by atoms with E-state index in [1.807, 2.05) is 25.3 Å². The molecule has 1 saturated carbocycles. The SMILES string of the molecule is Cc1cnc2n1-c1ccccc1CCC2NC(=O)C1(CC(=O)c2ccc(F)cc2)CC1. The first-order chi connectivity index (χ1) is 15.0. The molecule has 2 aromatic carbocycles. The largest absolute Gasteiger partial charge is 0.346 e. The number of aromatic nitrogens is 2. The summed E-state index contributed by atoms with van der Waals surface area (Å²) in [4.78, 5) is 30.6. The summed E-state index contributed by atoms with van der Waals surface area (Å²) >= 11 is 0. The average Bonchev–Trinajstić information content (AvgIpc) is 3.48. The lowest BCUT2D eigenvalue weighted by atomic mass is 9.94. The predicted molar refractivity (Wildman–Crippen MR) is 115 cm³/mol. The summed E-state index contributed by atoms with van der Waals surface area (Å²) in [6, 6.07) is 13.5. The van der Waals surface area contributed by atoms with Gasteiger partial charge in [-0.3, -0.25) is 14.2 Å². The third-order valence-electron chi connectivity index (χ3n) is 6.52. The molecule has 3 aromatic rings. The number of aryl methyl sites for hydroxylation is 2. The van der Waals surface area contributed by atoms with Crippen LogP contribution in [0.5, 0.6) is 0 Å². The van der Waals surface area contributed by atoms with Crippen molar-refractivity contribution in [2.75, 3.05) is 0 Å². The van der Waals surface area contributed by atoms with Crippen LogP contribution in [0, 0.1) is 18.2 Å². The molecule has 31 heavy (non-hydrogen) atoms. The summed E-state index contributed by atoms with van der Waals surface area (Å²) in [5.41, 5.74) is 3.13. The van der Waals surface area contributed by atoms with E-state index in [1.165, 1.54) is 29.8 Å². The number of fused-ring (bicyclic) bond motifs is 3. The zero-order chi connectivity index (χ0) is 21.6. The van der Waals surface area contributed by atoms with E-state index in [4.69, 9.17) is 0 Å². The highest BCUT2D eigenvalue weighted by Gasteiger charge is 2.51. The summed E-state index contributed by atoms with van der Waals surface area (Å²) in [7, 11) is 0. The van der Waals surface area contributed by atoms with Gasteiger partial charge in [0.1, 0.15) is 11.6 Å². The van der Waals surface area contributed by atoms with Crippen molar-refractivity contribution in [3.05, 3.63) is 83.2 Å². The highest BCUT2D eigenvalue weighted by Crippen LogP contribution is 2.50. The van der Waals surface area contributed by atoms with Gasteiger partial charge in [0.25, 0.3) is 0 Å². The number of carbonyl (C=O) groups is 2. The predicted octanol–water partition coefficient (Wildman–Crippen LogP) is 4.48. The number of rotatable bonds is 5. The standard InChI is InChI=1S/C25H24FN3O2/c1-16-15-27-23-20(11-8-17-4-2-3-5-21(17)29(16)23)28-24(31)25(12-13-25)14-22(30)18-6-9-19(26)10-7-18/h2-7,9-10,15,20H,8,11-14H2,1H3,(H,28,31). The van der Waals surface area contributed by atoms with Crippen molar-refractivity contribution in [2.24, 2.45) is 5.41 Å². The minimum Gasteiger partial charge on any atom is -0.346 e. The average molecular weight is 417 g/mol. The zero-order valence-corrected chi connectivity index (χ0v) is 17.4. The van der Waals surface area contributed by atoms with Crippen molar-refractivity contribution in [3.8, 4) is 5.69 Å². The molecule has 1 N–H and O–H groups in total. The van der Waals surface area contributed by atoms with Gasteiger partial charge in [-0.05, 0) is 68.5 Å². The molecule has 1 aliphatic carbocycles. The topological polar surface area (TPSA) is 64.0 Å². The molecule has 1 fully saturated rings. The lowest BCUT2D eigenvalue weighted by Gasteiger charge is -2.21. The third kappa shape index (κ3) is 3.56.